The van der Waals surface area contributed by atoms with Gasteiger partial charge in [0, 0.05) is 43.8 Å². The highest BCUT2D eigenvalue weighted by molar-refractivity contribution is 5.94. The standard InChI is InChI=1S/C29H38F3N3O3/c1-20-21(2)27(38-18-4-13-33-14-17-36)12-11-25(20)26-6-3-5-24-19-34(15-16-35(24)26)28(37)22-7-9-23(10-8-22)29(30,31)32/h7-12,24,26,33,36H,3-6,13-19H2,1-2H3/t24-,26?/m0/s1. The molecule has 38 heavy (non-hydrogen) atoms. The van der Waals surface area contributed by atoms with Gasteiger partial charge in [0.25, 0.3) is 5.91 Å². The van der Waals surface area contributed by atoms with Crippen LogP contribution in [-0.4, -0.2) is 72.8 Å². The molecule has 2 N–H and O–H groups in total. The van der Waals surface area contributed by atoms with E-state index in [2.05, 4.69) is 36.2 Å². The highest BCUT2D eigenvalue weighted by Crippen LogP contribution is 2.39. The van der Waals surface area contributed by atoms with E-state index in [0.717, 1.165) is 62.2 Å². The first kappa shape index (κ1) is 28.4. The normalized spacial score (nSPS) is 20.3. The van der Waals surface area contributed by atoms with Crippen LogP contribution in [0.2, 0.25) is 0 Å². The minimum atomic E-state index is -4.41. The van der Waals surface area contributed by atoms with Gasteiger partial charge >= 0.3 is 6.18 Å². The topological polar surface area (TPSA) is 65.0 Å². The monoisotopic (exact) mass is 533 g/mol. The van der Waals surface area contributed by atoms with E-state index in [1.807, 2.05) is 0 Å². The van der Waals surface area contributed by atoms with Gasteiger partial charge in [-0.05, 0) is 93.1 Å². The Hall–Kier alpha value is -2.62. The molecular formula is C29H38F3N3O3. The Labute approximate surface area is 222 Å². The number of rotatable bonds is 9. The summed E-state index contributed by atoms with van der Waals surface area (Å²) < 4.78 is 44.7. The number of hydrogen-bond donors (Lipinski definition) is 2. The molecule has 2 saturated heterocycles. The average Bonchev–Trinajstić information content (AvgIpc) is 2.91. The van der Waals surface area contributed by atoms with Gasteiger partial charge < -0.3 is 20.1 Å². The van der Waals surface area contributed by atoms with Gasteiger partial charge in [-0.25, -0.2) is 0 Å². The van der Waals surface area contributed by atoms with Gasteiger partial charge in [-0.1, -0.05) is 6.07 Å². The summed E-state index contributed by atoms with van der Waals surface area (Å²) in [5.41, 5.74) is 3.22. The summed E-state index contributed by atoms with van der Waals surface area (Å²) >= 11 is 0. The molecule has 6 nitrogen and oxygen atoms in total. The van der Waals surface area contributed by atoms with Gasteiger partial charge in [0.05, 0.1) is 18.8 Å². The lowest BCUT2D eigenvalue weighted by molar-refractivity contribution is -0.137. The SMILES string of the molecule is Cc1c(OCCCNCCO)ccc(C2CCC[C@H]3CN(C(=O)c4ccc(C(F)(F)F)cc4)CCN23)c1C. The minimum Gasteiger partial charge on any atom is -0.493 e. The molecule has 0 aliphatic carbocycles. The number of piperidine rings is 1. The van der Waals surface area contributed by atoms with Crippen LogP contribution in [0.3, 0.4) is 0 Å². The maximum atomic E-state index is 13.1. The molecule has 2 aliphatic heterocycles. The summed E-state index contributed by atoms with van der Waals surface area (Å²) in [6.07, 6.45) is -0.438. The molecule has 9 heteroatoms. The number of amides is 1. The molecule has 0 bridgehead atoms. The number of alkyl halides is 3. The van der Waals surface area contributed by atoms with E-state index in [1.54, 1.807) is 4.90 Å². The van der Waals surface area contributed by atoms with Crippen molar-refractivity contribution in [1.29, 1.82) is 0 Å². The van der Waals surface area contributed by atoms with Crippen LogP contribution in [0.4, 0.5) is 13.2 Å². The largest absolute Gasteiger partial charge is 0.493 e. The average molecular weight is 534 g/mol. The number of benzene rings is 2. The van der Waals surface area contributed by atoms with Crippen molar-refractivity contribution in [3.05, 3.63) is 64.2 Å². The number of carbonyl (C=O) groups is 1. The minimum absolute atomic E-state index is 0.132. The summed E-state index contributed by atoms with van der Waals surface area (Å²) in [7, 11) is 0. The fraction of sp³-hybridized carbons (Fsp3) is 0.552. The lowest BCUT2D eigenvalue weighted by atomic mass is 9.86. The van der Waals surface area contributed by atoms with Crippen LogP contribution in [0.25, 0.3) is 0 Å². The van der Waals surface area contributed by atoms with Crippen LogP contribution in [0.15, 0.2) is 36.4 Å². The van der Waals surface area contributed by atoms with Crippen molar-refractivity contribution < 1.29 is 27.8 Å². The predicted octanol–water partition coefficient (Wildman–Crippen LogP) is 4.72. The van der Waals surface area contributed by atoms with Crippen molar-refractivity contribution in [2.45, 2.75) is 57.8 Å². The van der Waals surface area contributed by atoms with Gasteiger partial charge in [-0.3, -0.25) is 9.69 Å². The third-order valence-corrected chi connectivity index (χ3v) is 7.87. The second kappa shape index (κ2) is 12.5. The van der Waals surface area contributed by atoms with Crippen LogP contribution in [0, 0.1) is 13.8 Å². The van der Waals surface area contributed by atoms with Gasteiger partial charge in [0.1, 0.15) is 5.75 Å². The molecular weight excluding hydrogens is 495 g/mol. The van der Waals surface area contributed by atoms with Crippen molar-refractivity contribution in [2.24, 2.45) is 0 Å². The molecule has 0 aromatic heterocycles. The summed E-state index contributed by atoms with van der Waals surface area (Å²) in [6.45, 7) is 8.24. The van der Waals surface area contributed by atoms with Crippen LogP contribution in [0.5, 0.6) is 5.75 Å². The van der Waals surface area contributed by atoms with Crippen LogP contribution < -0.4 is 10.1 Å². The van der Waals surface area contributed by atoms with Crippen LogP contribution in [-0.2, 0) is 6.18 Å². The Morgan fingerprint density at radius 1 is 1.05 bits per heavy atom. The van der Waals surface area contributed by atoms with Crippen molar-refractivity contribution in [3.63, 3.8) is 0 Å². The summed E-state index contributed by atoms with van der Waals surface area (Å²) in [6, 6.07) is 9.25. The number of nitrogens with one attached hydrogen (secondary N) is 1. The molecule has 2 heterocycles. The molecule has 2 atom stereocenters. The Bertz CT molecular complexity index is 1090. The molecule has 2 fully saturated rings. The van der Waals surface area contributed by atoms with E-state index in [0.29, 0.717) is 31.8 Å². The Kier molecular flexibility index (Phi) is 9.33. The van der Waals surface area contributed by atoms with E-state index in [-0.39, 0.29) is 24.6 Å². The molecule has 2 aromatic rings. The van der Waals surface area contributed by atoms with E-state index >= 15 is 0 Å². The van der Waals surface area contributed by atoms with Crippen molar-refractivity contribution >= 4 is 5.91 Å². The van der Waals surface area contributed by atoms with Crippen LogP contribution >= 0.6 is 0 Å². The first-order valence-electron chi connectivity index (χ1n) is 13.5. The van der Waals surface area contributed by atoms with Gasteiger partial charge in [0.15, 0.2) is 0 Å². The predicted molar refractivity (Wildman–Crippen MR) is 140 cm³/mol. The summed E-state index contributed by atoms with van der Waals surface area (Å²) in [5, 5.41) is 12.0. The third kappa shape index (κ3) is 6.50. The number of aliphatic hydroxyl groups excluding tert-OH is 1. The van der Waals surface area contributed by atoms with Gasteiger partial charge in [-0.15, -0.1) is 0 Å². The molecule has 0 saturated carbocycles. The summed E-state index contributed by atoms with van der Waals surface area (Å²) in [5.74, 6) is 0.688. The second-order valence-corrected chi connectivity index (χ2v) is 10.2. The Morgan fingerprint density at radius 2 is 1.82 bits per heavy atom. The molecule has 1 unspecified atom stereocenters. The molecule has 208 valence electrons. The first-order chi connectivity index (χ1) is 18.2. The zero-order valence-corrected chi connectivity index (χ0v) is 22.2. The fourth-order valence-electron chi connectivity index (χ4n) is 5.67. The lowest BCUT2D eigenvalue weighted by Crippen LogP contribution is -2.57. The first-order valence-corrected chi connectivity index (χ1v) is 13.5. The Balaban J connectivity index is 1.39. The number of carbonyl (C=O) groups excluding carboxylic acids is 1. The zero-order chi connectivity index (χ0) is 27.3. The highest BCUT2D eigenvalue weighted by atomic mass is 19.4. The van der Waals surface area contributed by atoms with Crippen molar-refractivity contribution in [3.8, 4) is 5.75 Å². The van der Waals surface area contributed by atoms with Crippen molar-refractivity contribution in [2.75, 3.05) is 45.9 Å². The molecule has 0 radical (unpaired) electrons. The van der Waals surface area contributed by atoms with Crippen molar-refractivity contribution in [1.82, 2.24) is 15.1 Å². The molecule has 4 rings (SSSR count). The second-order valence-electron chi connectivity index (χ2n) is 10.2. The molecule has 0 spiro atoms. The van der Waals surface area contributed by atoms with E-state index in [9.17, 15) is 18.0 Å². The zero-order valence-electron chi connectivity index (χ0n) is 22.2. The molecule has 2 aliphatic rings. The summed E-state index contributed by atoms with van der Waals surface area (Å²) in [4.78, 5) is 17.4. The highest BCUT2D eigenvalue weighted by Gasteiger charge is 2.38. The van der Waals surface area contributed by atoms with E-state index < -0.39 is 11.7 Å². The smallest absolute Gasteiger partial charge is 0.416 e. The van der Waals surface area contributed by atoms with Gasteiger partial charge in [-0.2, -0.15) is 13.2 Å². The lowest BCUT2D eigenvalue weighted by Gasteiger charge is -2.49. The van der Waals surface area contributed by atoms with Crippen LogP contribution in [0.1, 0.15) is 64.3 Å². The molecule has 1 amide bonds. The number of aliphatic hydroxyl groups is 1. The fourth-order valence-corrected chi connectivity index (χ4v) is 5.67. The van der Waals surface area contributed by atoms with E-state index in [1.165, 1.54) is 23.3 Å². The van der Waals surface area contributed by atoms with E-state index in [4.69, 9.17) is 9.84 Å². The number of halogens is 3. The quantitative estimate of drug-likeness (QED) is 0.457. The number of fused-ring (bicyclic) bond motifs is 1. The molecule has 2 aromatic carbocycles. The number of piperazine rings is 1. The number of hydrogen-bond acceptors (Lipinski definition) is 5. The third-order valence-electron chi connectivity index (χ3n) is 7.87. The maximum absolute atomic E-state index is 13.1. The van der Waals surface area contributed by atoms with Gasteiger partial charge in [0.2, 0.25) is 0 Å². The number of ether oxygens (including phenoxy) is 1. The Morgan fingerprint density at radius 3 is 2.53 bits per heavy atom. The number of nitrogens with zero attached hydrogens (tertiary/aromatic N) is 2. The maximum Gasteiger partial charge on any atom is 0.416 e.